The lowest BCUT2D eigenvalue weighted by molar-refractivity contribution is 0.180. The normalized spacial score (nSPS) is 14.3. The van der Waals surface area contributed by atoms with Crippen LogP contribution in [0.5, 0.6) is 0 Å². The molecule has 0 saturated heterocycles. The highest BCUT2D eigenvalue weighted by Gasteiger charge is 2.32. The molecule has 20 heavy (non-hydrogen) atoms. The zero-order valence-electron chi connectivity index (χ0n) is 9.93. The van der Waals surface area contributed by atoms with Gasteiger partial charge in [-0.2, -0.15) is 4.31 Å². The molecule has 3 N–H and O–H groups in total. The Morgan fingerprint density at radius 1 is 1.25 bits per heavy atom. The van der Waals surface area contributed by atoms with Gasteiger partial charge in [-0.3, -0.25) is 4.52 Å². The largest absolute Gasteiger partial charge is 0.481 e. The molecule has 0 aromatic heterocycles. The lowest BCUT2D eigenvalue weighted by atomic mass is 10.1. The minimum atomic E-state index is -5.12. The average Bonchev–Trinajstić information content (AvgIpc) is 2.28. The highest BCUT2D eigenvalue weighted by atomic mass is 31.3. The van der Waals surface area contributed by atoms with Crippen LogP contribution in [0, 0.1) is 0 Å². The molecule has 0 fully saturated rings. The lowest BCUT2D eigenvalue weighted by Gasteiger charge is -2.12. The van der Waals surface area contributed by atoms with E-state index in [1.54, 1.807) is 24.3 Å². The Kier molecular flexibility index (Phi) is 5.88. The Labute approximate surface area is 113 Å². The molecule has 0 aliphatic rings. The molecular weight excluding hydrogens is 312 g/mol. The van der Waals surface area contributed by atoms with Crippen LogP contribution < -0.4 is 0 Å². The lowest BCUT2D eigenvalue weighted by Crippen LogP contribution is -1.99. The Balaban J connectivity index is 2.63. The average molecular weight is 323 g/mol. The minimum absolute atomic E-state index is 0.0876. The molecule has 1 atom stereocenters. The molecular formula is C8H11N3O7P2. The van der Waals surface area contributed by atoms with Crippen LogP contribution in [0.4, 0.5) is 5.69 Å². The van der Waals surface area contributed by atoms with Gasteiger partial charge in [0.15, 0.2) is 0 Å². The molecule has 0 saturated carbocycles. The number of azide groups is 1. The monoisotopic (exact) mass is 323 g/mol. The van der Waals surface area contributed by atoms with Gasteiger partial charge in [0.25, 0.3) is 0 Å². The molecule has 12 heteroatoms. The summed E-state index contributed by atoms with van der Waals surface area (Å²) in [6.45, 7) is -0.355. The molecule has 1 unspecified atom stereocenters. The number of phosphoric ester groups is 1. The maximum Gasteiger partial charge on any atom is 0.481 e. The number of nitrogens with zero attached hydrogens (tertiary/aromatic N) is 3. The third-order valence-electron chi connectivity index (χ3n) is 1.98. The Morgan fingerprint density at radius 2 is 1.90 bits per heavy atom. The highest BCUT2D eigenvalue weighted by molar-refractivity contribution is 7.60. The summed E-state index contributed by atoms with van der Waals surface area (Å²) in [6.07, 6.45) is 0.0876. The fourth-order valence-electron chi connectivity index (χ4n) is 1.30. The Morgan fingerprint density at radius 3 is 2.50 bits per heavy atom. The SMILES string of the molecule is [N-]=[N+]=Nc1ccccc1CCOP(=O)(O)OP(=O)(O)O. The van der Waals surface area contributed by atoms with Crippen molar-refractivity contribution in [2.45, 2.75) is 6.42 Å². The van der Waals surface area contributed by atoms with E-state index in [-0.39, 0.29) is 13.0 Å². The third-order valence-corrected chi connectivity index (χ3v) is 4.16. The molecule has 0 aliphatic heterocycles. The van der Waals surface area contributed by atoms with Crippen molar-refractivity contribution in [2.75, 3.05) is 6.61 Å². The summed E-state index contributed by atoms with van der Waals surface area (Å²) in [5.41, 5.74) is 9.23. The van der Waals surface area contributed by atoms with Crippen LogP contribution in [0.25, 0.3) is 10.4 Å². The minimum Gasteiger partial charge on any atom is -0.302 e. The van der Waals surface area contributed by atoms with Crippen LogP contribution in [0.3, 0.4) is 0 Å². The van der Waals surface area contributed by atoms with E-state index in [0.29, 0.717) is 11.3 Å². The van der Waals surface area contributed by atoms with Crippen LogP contribution in [0.1, 0.15) is 5.56 Å². The molecule has 1 aromatic carbocycles. The van der Waals surface area contributed by atoms with E-state index in [1.165, 1.54) is 0 Å². The summed E-state index contributed by atoms with van der Waals surface area (Å²) >= 11 is 0. The second-order valence-corrected chi connectivity index (χ2v) is 6.27. The van der Waals surface area contributed by atoms with Gasteiger partial charge in [-0.05, 0) is 17.5 Å². The standard InChI is InChI=1S/C8H11N3O7P2/c9-11-10-8-4-2-1-3-7(8)5-6-17-20(15,16)18-19(12,13)14/h1-4H,5-6H2,(H,15,16)(H2,12,13,14). The van der Waals surface area contributed by atoms with Crippen LogP contribution in [0.15, 0.2) is 29.4 Å². The van der Waals surface area contributed by atoms with Crippen molar-refractivity contribution in [2.24, 2.45) is 5.11 Å². The quantitative estimate of drug-likeness (QED) is 0.300. The fourth-order valence-corrected chi connectivity index (χ4v) is 2.88. The number of benzene rings is 1. The first-order chi connectivity index (χ1) is 9.23. The van der Waals surface area contributed by atoms with Crippen LogP contribution >= 0.6 is 15.6 Å². The van der Waals surface area contributed by atoms with E-state index in [2.05, 4.69) is 18.9 Å². The van der Waals surface area contributed by atoms with Crippen molar-refractivity contribution in [3.05, 3.63) is 40.3 Å². The predicted octanol–water partition coefficient (Wildman–Crippen LogP) is 2.40. The van der Waals surface area contributed by atoms with Gasteiger partial charge in [0.2, 0.25) is 0 Å². The first kappa shape index (κ1) is 16.8. The number of phosphoric acid groups is 2. The number of rotatable bonds is 7. The summed E-state index contributed by atoms with van der Waals surface area (Å²) in [4.78, 5) is 28.5. The molecule has 0 radical (unpaired) electrons. The van der Waals surface area contributed by atoms with Gasteiger partial charge in [0.1, 0.15) is 0 Å². The molecule has 1 rings (SSSR count). The summed E-state index contributed by atoms with van der Waals surface area (Å²) in [6, 6.07) is 6.46. The summed E-state index contributed by atoms with van der Waals surface area (Å²) in [5, 5.41) is 3.42. The summed E-state index contributed by atoms with van der Waals surface area (Å²) in [7, 11) is -9.97. The molecule has 0 aliphatic carbocycles. The first-order valence-electron chi connectivity index (χ1n) is 5.11. The van der Waals surface area contributed by atoms with Gasteiger partial charge in [0, 0.05) is 10.6 Å². The molecule has 0 bridgehead atoms. The van der Waals surface area contributed by atoms with Crippen molar-refractivity contribution < 1.29 is 32.6 Å². The summed E-state index contributed by atoms with van der Waals surface area (Å²) in [5.74, 6) is 0. The Bertz CT molecular complexity index is 610. The molecule has 110 valence electrons. The van der Waals surface area contributed by atoms with Crippen LogP contribution in [-0.4, -0.2) is 21.3 Å². The van der Waals surface area contributed by atoms with Crippen molar-refractivity contribution in [1.29, 1.82) is 0 Å². The smallest absolute Gasteiger partial charge is 0.302 e. The van der Waals surface area contributed by atoms with E-state index < -0.39 is 15.6 Å². The van der Waals surface area contributed by atoms with Gasteiger partial charge >= 0.3 is 15.6 Å². The predicted molar refractivity (Wildman–Crippen MR) is 67.9 cm³/mol. The zero-order chi connectivity index (χ0) is 15.2. The maximum absolute atomic E-state index is 11.2. The van der Waals surface area contributed by atoms with E-state index in [0.717, 1.165) is 0 Å². The van der Waals surface area contributed by atoms with E-state index >= 15 is 0 Å². The van der Waals surface area contributed by atoms with Crippen molar-refractivity contribution >= 4 is 21.3 Å². The molecule has 0 spiro atoms. The summed E-state index contributed by atoms with van der Waals surface area (Å²) < 4.78 is 29.6. The number of hydrogen-bond donors (Lipinski definition) is 3. The van der Waals surface area contributed by atoms with Gasteiger partial charge in [-0.1, -0.05) is 29.4 Å². The fraction of sp³-hybridized carbons (Fsp3) is 0.250. The van der Waals surface area contributed by atoms with E-state index in [4.69, 9.17) is 20.2 Å². The molecule has 1 aromatic rings. The van der Waals surface area contributed by atoms with Crippen molar-refractivity contribution in [3.63, 3.8) is 0 Å². The van der Waals surface area contributed by atoms with E-state index in [9.17, 15) is 9.13 Å². The van der Waals surface area contributed by atoms with Gasteiger partial charge in [-0.25, -0.2) is 9.13 Å². The second kappa shape index (κ2) is 6.99. The van der Waals surface area contributed by atoms with Gasteiger partial charge < -0.3 is 14.7 Å². The van der Waals surface area contributed by atoms with Gasteiger partial charge in [0.05, 0.1) is 6.61 Å². The topological polar surface area (TPSA) is 162 Å². The third kappa shape index (κ3) is 6.29. The van der Waals surface area contributed by atoms with Crippen LogP contribution in [0.2, 0.25) is 0 Å². The van der Waals surface area contributed by atoms with Crippen LogP contribution in [-0.2, 0) is 24.4 Å². The Hall–Kier alpha value is -1.21. The van der Waals surface area contributed by atoms with Crippen molar-refractivity contribution in [3.8, 4) is 0 Å². The highest BCUT2D eigenvalue weighted by Crippen LogP contribution is 2.57. The molecule has 0 amide bonds. The van der Waals surface area contributed by atoms with Crippen molar-refractivity contribution in [1.82, 2.24) is 0 Å². The molecule has 0 heterocycles. The zero-order valence-corrected chi connectivity index (χ0v) is 11.7. The number of hydrogen-bond acceptors (Lipinski definition) is 5. The maximum atomic E-state index is 11.2. The van der Waals surface area contributed by atoms with Gasteiger partial charge in [-0.15, -0.1) is 0 Å². The second-order valence-electron chi connectivity index (χ2n) is 3.44. The van der Waals surface area contributed by atoms with E-state index in [1.807, 2.05) is 0 Å². The molecule has 10 nitrogen and oxygen atoms in total. The first-order valence-corrected chi connectivity index (χ1v) is 8.13.